The summed E-state index contributed by atoms with van der Waals surface area (Å²) < 4.78 is 20.3. The number of halogens is 1. The Hall–Kier alpha value is -3.74. The van der Waals surface area contributed by atoms with Crippen LogP contribution in [0, 0.1) is 12.7 Å². The highest BCUT2D eigenvalue weighted by molar-refractivity contribution is 5.93. The first-order valence-corrected chi connectivity index (χ1v) is 9.18. The highest BCUT2D eigenvalue weighted by atomic mass is 19.1. The highest BCUT2D eigenvalue weighted by Gasteiger charge is 2.13. The molecule has 0 atom stereocenters. The lowest BCUT2D eigenvalue weighted by molar-refractivity contribution is 0.0947. The maximum atomic E-state index is 13.1. The first-order chi connectivity index (χ1) is 14.1. The number of carbonyl (C=O) groups excluding carboxylic acids is 1. The average Bonchev–Trinajstić information content (AvgIpc) is 3.39. The molecule has 1 amide bonds. The first kappa shape index (κ1) is 18.6. The van der Waals surface area contributed by atoms with Gasteiger partial charge in [-0.25, -0.2) is 14.4 Å². The van der Waals surface area contributed by atoms with Crippen LogP contribution < -0.4 is 5.32 Å². The SMILES string of the molecule is Cc1ccc(-c2nc(CCNC(=O)c3cncn3-c3ccc(F)cc3)co2)cc1. The van der Waals surface area contributed by atoms with Crippen LogP contribution in [0.25, 0.3) is 17.1 Å². The molecule has 0 aliphatic heterocycles. The molecule has 1 N–H and O–H groups in total. The van der Waals surface area contributed by atoms with E-state index in [0.29, 0.717) is 30.2 Å². The normalized spacial score (nSPS) is 10.8. The van der Waals surface area contributed by atoms with Gasteiger partial charge in [0.15, 0.2) is 0 Å². The minimum absolute atomic E-state index is 0.269. The van der Waals surface area contributed by atoms with Gasteiger partial charge in [0.2, 0.25) is 5.89 Å². The summed E-state index contributed by atoms with van der Waals surface area (Å²) in [5.74, 6) is -0.0488. The van der Waals surface area contributed by atoms with Gasteiger partial charge in [-0.2, -0.15) is 0 Å². The van der Waals surface area contributed by atoms with E-state index in [9.17, 15) is 9.18 Å². The fraction of sp³-hybridized carbons (Fsp3) is 0.136. The molecule has 0 unspecified atom stereocenters. The molecule has 4 rings (SSSR count). The van der Waals surface area contributed by atoms with Gasteiger partial charge in [0, 0.05) is 24.2 Å². The smallest absolute Gasteiger partial charge is 0.269 e. The van der Waals surface area contributed by atoms with E-state index in [4.69, 9.17) is 4.42 Å². The summed E-state index contributed by atoms with van der Waals surface area (Å²) in [6.07, 6.45) is 5.13. The molecule has 0 aliphatic carbocycles. The third-order valence-electron chi connectivity index (χ3n) is 4.49. The van der Waals surface area contributed by atoms with Crippen molar-refractivity contribution in [2.45, 2.75) is 13.3 Å². The summed E-state index contributed by atoms with van der Waals surface area (Å²) in [6, 6.07) is 13.8. The van der Waals surface area contributed by atoms with Gasteiger partial charge in [-0.05, 0) is 43.3 Å². The fourth-order valence-electron chi connectivity index (χ4n) is 2.92. The van der Waals surface area contributed by atoms with Gasteiger partial charge in [0.05, 0.1) is 18.2 Å². The van der Waals surface area contributed by atoms with E-state index in [-0.39, 0.29) is 11.7 Å². The summed E-state index contributed by atoms with van der Waals surface area (Å²) in [7, 11) is 0. The van der Waals surface area contributed by atoms with Crippen molar-refractivity contribution in [3.8, 4) is 17.1 Å². The number of carbonyl (C=O) groups is 1. The molecular weight excluding hydrogens is 371 g/mol. The summed E-state index contributed by atoms with van der Waals surface area (Å²) >= 11 is 0. The zero-order valence-corrected chi connectivity index (χ0v) is 15.8. The van der Waals surface area contributed by atoms with Crippen molar-refractivity contribution in [3.05, 3.63) is 90.1 Å². The van der Waals surface area contributed by atoms with E-state index < -0.39 is 0 Å². The van der Waals surface area contributed by atoms with Crippen LogP contribution in [0.4, 0.5) is 4.39 Å². The Bertz CT molecular complexity index is 1110. The van der Waals surface area contributed by atoms with Crippen molar-refractivity contribution >= 4 is 5.91 Å². The number of amides is 1. The number of nitrogens with zero attached hydrogens (tertiary/aromatic N) is 3. The molecule has 4 aromatic rings. The van der Waals surface area contributed by atoms with Crippen LogP contribution >= 0.6 is 0 Å². The minimum Gasteiger partial charge on any atom is -0.444 e. The number of rotatable bonds is 6. The van der Waals surface area contributed by atoms with Crippen molar-refractivity contribution in [1.82, 2.24) is 19.9 Å². The lowest BCUT2D eigenvalue weighted by atomic mass is 10.1. The maximum absolute atomic E-state index is 13.1. The molecule has 2 heterocycles. The number of hydrogen-bond acceptors (Lipinski definition) is 4. The van der Waals surface area contributed by atoms with Crippen LogP contribution in [0.3, 0.4) is 0 Å². The molecular formula is C22H19FN4O2. The van der Waals surface area contributed by atoms with Crippen LogP contribution in [0.5, 0.6) is 0 Å². The second kappa shape index (κ2) is 8.10. The molecule has 7 heteroatoms. The quantitative estimate of drug-likeness (QED) is 0.541. The predicted molar refractivity (Wildman–Crippen MR) is 106 cm³/mol. The summed E-state index contributed by atoms with van der Waals surface area (Å²) in [4.78, 5) is 21.0. The number of hydrogen-bond donors (Lipinski definition) is 1. The fourth-order valence-corrected chi connectivity index (χ4v) is 2.92. The first-order valence-electron chi connectivity index (χ1n) is 9.18. The third kappa shape index (κ3) is 4.24. The van der Waals surface area contributed by atoms with Crippen molar-refractivity contribution < 1.29 is 13.6 Å². The summed E-state index contributed by atoms with van der Waals surface area (Å²) in [6.45, 7) is 2.42. The minimum atomic E-state index is -0.336. The van der Waals surface area contributed by atoms with Gasteiger partial charge < -0.3 is 9.73 Å². The van der Waals surface area contributed by atoms with Crippen molar-refractivity contribution in [2.75, 3.05) is 6.54 Å². The number of imidazole rings is 1. The summed E-state index contributed by atoms with van der Waals surface area (Å²) in [5.41, 5.74) is 3.87. The monoisotopic (exact) mass is 390 g/mol. The largest absolute Gasteiger partial charge is 0.444 e. The Labute approximate surface area is 167 Å². The molecule has 0 fully saturated rings. The standard InChI is InChI=1S/C22H19FN4O2/c1-15-2-4-16(5-3-15)22-26-18(13-29-22)10-11-25-21(28)20-12-24-14-27(20)19-8-6-17(23)7-9-19/h2-9,12-14H,10-11H2,1H3,(H,25,28). The maximum Gasteiger partial charge on any atom is 0.269 e. The molecule has 0 saturated heterocycles. The van der Waals surface area contributed by atoms with Crippen LogP contribution in [0.2, 0.25) is 0 Å². The van der Waals surface area contributed by atoms with E-state index in [2.05, 4.69) is 15.3 Å². The van der Waals surface area contributed by atoms with Gasteiger partial charge >= 0.3 is 0 Å². The molecule has 0 aliphatic rings. The van der Waals surface area contributed by atoms with Gasteiger partial charge in [-0.15, -0.1) is 0 Å². The second-order valence-corrected chi connectivity index (χ2v) is 6.64. The van der Waals surface area contributed by atoms with E-state index in [0.717, 1.165) is 11.3 Å². The molecule has 0 spiro atoms. The van der Waals surface area contributed by atoms with E-state index in [1.807, 2.05) is 31.2 Å². The average molecular weight is 390 g/mol. The Morgan fingerprint density at radius 1 is 1.14 bits per heavy atom. The topological polar surface area (TPSA) is 73.0 Å². The number of oxazole rings is 1. The van der Waals surface area contributed by atoms with Gasteiger partial charge in [0.1, 0.15) is 17.8 Å². The molecule has 2 aromatic carbocycles. The Kier molecular flexibility index (Phi) is 5.20. The van der Waals surface area contributed by atoms with Crippen LogP contribution in [-0.4, -0.2) is 27.0 Å². The van der Waals surface area contributed by atoms with Gasteiger partial charge in [-0.3, -0.25) is 9.36 Å². The van der Waals surface area contributed by atoms with E-state index >= 15 is 0 Å². The number of nitrogens with one attached hydrogen (secondary N) is 1. The molecule has 0 saturated carbocycles. The third-order valence-corrected chi connectivity index (χ3v) is 4.49. The molecule has 0 bridgehead atoms. The van der Waals surface area contributed by atoms with Gasteiger partial charge in [0.25, 0.3) is 5.91 Å². The highest BCUT2D eigenvalue weighted by Crippen LogP contribution is 2.19. The number of aryl methyl sites for hydroxylation is 1. The van der Waals surface area contributed by atoms with E-state index in [1.54, 1.807) is 23.0 Å². The Balaban J connectivity index is 1.37. The van der Waals surface area contributed by atoms with Crippen molar-refractivity contribution in [1.29, 1.82) is 0 Å². The lowest BCUT2D eigenvalue weighted by Crippen LogP contribution is -2.27. The number of aromatic nitrogens is 3. The zero-order chi connectivity index (χ0) is 20.2. The molecule has 2 aromatic heterocycles. The lowest BCUT2D eigenvalue weighted by Gasteiger charge is -2.08. The molecule has 146 valence electrons. The molecule has 29 heavy (non-hydrogen) atoms. The zero-order valence-electron chi connectivity index (χ0n) is 15.8. The number of benzene rings is 2. The van der Waals surface area contributed by atoms with E-state index in [1.165, 1.54) is 30.2 Å². The molecule has 0 radical (unpaired) electrons. The van der Waals surface area contributed by atoms with Crippen LogP contribution in [0.1, 0.15) is 21.7 Å². The van der Waals surface area contributed by atoms with Crippen LogP contribution in [-0.2, 0) is 6.42 Å². The molecule has 6 nitrogen and oxygen atoms in total. The Morgan fingerprint density at radius 3 is 2.66 bits per heavy atom. The van der Waals surface area contributed by atoms with Gasteiger partial charge in [-0.1, -0.05) is 17.7 Å². The predicted octanol–water partition coefficient (Wildman–Crippen LogP) is 3.95. The second-order valence-electron chi connectivity index (χ2n) is 6.64. The Morgan fingerprint density at radius 2 is 1.90 bits per heavy atom. The van der Waals surface area contributed by atoms with Crippen LogP contribution in [0.15, 0.2) is 71.7 Å². The van der Waals surface area contributed by atoms with Crippen molar-refractivity contribution in [2.24, 2.45) is 0 Å². The summed E-state index contributed by atoms with van der Waals surface area (Å²) in [5, 5.41) is 2.86. The van der Waals surface area contributed by atoms with Crippen molar-refractivity contribution in [3.63, 3.8) is 0 Å².